The first kappa shape index (κ1) is 34.0. The summed E-state index contributed by atoms with van der Waals surface area (Å²) in [7, 11) is -2.98. The van der Waals surface area contributed by atoms with Gasteiger partial charge in [-0.25, -0.2) is 0 Å². The first-order valence-corrected chi connectivity index (χ1v) is 19.9. The second-order valence-electron chi connectivity index (χ2n) is 13.8. The van der Waals surface area contributed by atoms with Crippen LogP contribution in [0.3, 0.4) is 0 Å². The number of aliphatic hydroxyl groups excluding tert-OH is 1. The Bertz CT molecular complexity index is 1640. The summed E-state index contributed by atoms with van der Waals surface area (Å²) >= 11 is 0. The second kappa shape index (κ2) is 13.9. The van der Waals surface area contributed by atoms with Crippen molar-refractivity contribution in [3.8, 4) is 0 Å². The van der Waals surface area contributed by atoms with Gasteiger partial charge in [0.1, 0.15) is 0 Å². The summed E-state index contributed by atoms with van der Waals surface area (Å²) in [6, 6.07) is 24.5. The van der Waals surface area contributed by atoms with E-state index in [1.54, 1.807) is 9.80 Å². The van der Waals surface area contributed by atoms with Crippen molar-refractivity contribution < 1.29 is 29.0 Å². The second-order valence-corrected chi connectivity index (χ2v) is 17.8. The van der Waals surface area contributed by atoms with E-state index in [0.29, 0.717) is 12.2 Å². The van der Waals surface area contributed by atoms with E-state index < -0.39 is 31.5 Å². The van der Waals surface area contributed by atoms with E-state index in [9.17, 15) is 24.3 Å². The van der Waals surface area contributed by atoms with Gasteiger partial charge in [0.05, 0.1) is 37.4 Å². The van der Waals surface area contributed by atoms with E-state index in [1.165, 1.54) is 0 Å². The number of hydrogen-bond donors (Lipinski definition) is 4. The summed E-state index contributed by atoms with van der Waals surface area (Å²) in [5, 5.41) is 16.0. The minimum Gasteiger partial charge on any atom is -0.432 e. The van der Waals surface area contributed by atoms with Crippen molar-refractivity contribution in [1.82, 2.24) is 10.2 Å². The molecule has 3 amide bonds. The minimum atomic E-state index is -2.98. The topological polar surface area (TPSA) is 131 Å². The van der Waals surface area contributed by atoms with Crippen LogP contribution in [0.25, 0.3) is 0 Å². The van der Waals surface area contributed by atoms with Crippen molar-refractivity contribution in [2.45, 2.75) is 75.7 Å². The lowest BCUT2D eigenvalue weighted by atomic mass is 9.82. The van der Waals surface area contributed by atoms with Crippen LogP contribution >= 0.6 is 0 Å². The maximum Gasteiger partial charge on any atom is 0.264 e. The first-order chi connectivity index (χ1) is 23.0. The molecule has 0 bridgehead atoms. The average Bonchev–Trinajstić information content (AvgIpc) is 3.76. The number of hydrogen-bond acceptors (Lipinski definition) is 7. The van der Waals surface area contributed by atoms with Crippen molar-refractivity contribution in [3.05, 3.63) is 95.6 Å². The van der Waals surface area contributed by atoms with Crippen LogP contribution in [0.5, 0.6) is 0 Å². The molecule has 11 heteroatoms. The van der Waals surface area contributed by atoms with Gasteiger partial charge in [-0.2, -0.15) is 0 Å². The molecule has 4 N–H and O–H groups in total. The van der Waals surface area contributed by atoms with Gasteiger partial charge in [0, 0.05) is 35.8 Å². The zero-order valence-corrected chi connectivity index (χ0v) is 28.9. The molecule has 3 aliphatic rings. The molecule has 0 radical (unpaired) electrons. The Hall–Kier alpha value is -3.87. The maximum absolute atomic E-state index is 14.7. The molecule has 3 aromatic rings. The van der Waals surface area contributed by atoms with Gasteiger partial charge in [-0.1, -0.05) is 67.6 Å². The molecule has 48 heavy (non-hydrogen) atoms. The maximum atomic E-state index is 14.7. The third-order valence-electron chi connectivity index (χ3n) is 10.1. The predicted molar refractivity (Wildman–Crippen MR) is 186 cm³/mol. The van der Waals surface area contributed by atoms with Crippen molar-refractivity contribution in [3.63, 3.8) is 0 Å². The van der Waals surface area contributed by atoms with E-state index in [4.69, 9.17) is 4.74 Å². The Morgan fingerprint density at radius 1 is 1.06 bits per heavy atom. The van der Waals surface area contributed by atoms with E-state index in [1.807, 2.05) is 98.9 Å². The number of carbonyl (C=O) groups excluding carboxylic acids is 3. The minimum absolute atomic E-state index is 0.0202. The van der Waals surface area contributed by atoms with Gasteiger partial charge in [0.2, 0.25) is 11.8 Å². The number of nitrogens with one attached hydrogen (secondary N) is 2. The third kappa shape index (κ3) is 6.57. The van der Waals surface area contributed by atoms with Gasteiger partial charge in [-0.3, -0.25) is 14.4 Å². The molecule has 3 aliphatic heterocycles. The lowest BCUT2D eigenvalue weighted by molar-refractivity contribution is -0.150. The average molecular weight is 671 g/mol. The molecule has 0 unspecified atom stereocenters. The van der Waals surface area contributed by atoms with Crippen LogP contribution in [0.15, 0.2) is 78.9 Å². The van der Waals surface area contributed by atoms with E-state index in [0.717, 1.165) is 41.8 Å². The number of para-hydroxylation sites is 1. The highest BCUT2D eigenvalue weighted by Gasteiger charge is 2.66. The van der Waals surface area contributed by atoms with Crippen molar-refractivity contribution >= 4 is 37.4 Å². The van der Waals surface area contributed by atoms with Gasteiger partial charge in [-0.15, -0.1) is 0 Å². The summed E-state index contributed by atoms with van der Waals surface area (Å²) in [4.78, 5) is 56.3. The fourth-order valence-corrected chi connectivity index (χ4v) is 10.5. The number of rotatable bonds is 11. The monoisotopic (exact) mass is 670 g/mol. The number of aliphatic hydroxyl groups is 1. The lowest BCUT2D eigenvalue weighted by Crippen LogP contribution is -2.46. The molecule has 0 aliphatic carbocycles. The predicted octanol–water partition coefficient (Wildman–Crippen LogP) is 4.13. The molecular formula is C37H46N4O6Si. The standard InChI is InChI=1S/C37H46N4O6Si/c1-25-34(48(2,3)46)32(22-33(43)40(19-20-42)23-26-11-5-4-6-12-26)47-37(25)29-15-7-8-17-31(29)41(36(37)45)24-27-13-9-14-28(21-27)39-35(44)30-16-10-18-38-30/h4-9,11-15,17,21,25,30,32,34,38,42,46H,10,16,18-20,22-24H2,1-3H3,(H,39,44)/t25-,30+,32+,34-,37+/m0/s1. The Morgan fingerprint density at radius 2 is 1.79 bits per heavy atom. The Kier molecular flexibility index (Phi) is 9.87. The van der Waals surface area contributed by atoms with Gasteiger partial charge in [0.25, 0.3) is 5.91 Å². The fraction of sp³-hybridized carbons (Fsp3) is 0.432. The van der Waals surface area contributed by atoms with Gasteiger partial charge in [-0.05, 0) is 61.8 Å². The van der Waals surface area contributed by atoms with Crippen LogP contribution in [0.1, 0.15) is 42.9 Å². The molecule has 1 spiro atoms. The van der Waals surface area contributed by atoms with Gasteiger partial charge in [0.15, 0.2) is 13.9 Å². The molecule has 2 saturated heterocycles. The molecule has 3 heterocycles. The summed E-state index contributed by atoms with van der Waals surface area (Å²) in [6.45, 7) is 7.05. The van der Waals surface area contributed by atoms with Gasteiger partial charge >= 0.3 is 0 Å². The highest BCUT2D eigenvalue weighted by molar-refractivity contribution is 6.71. The zero-order chi connectivity index (χ0) is 34.1. The Morgan fingerprint density at radius 3 is 2.50 bits per heavy atom. The first-order valence-electron chi connectivity index (χ1n) is 16.9. The molecule has 10 nitrogen and oxygen atoms in total. The summed E-state index contributed by atoms with van der Waals surface area (Å²) in [5.41, 5.74) is 2.13. The fourth-order valence-electron chi connectivity index (χ4n) is 7.97. The molecule has 6 rings (SSSR count). The lowest BCUT2D eigenvalue weighted by Gasteiger charge is -2.32. The Labute approximate surface area is 283 Å². The molecule has 2 fully saturated rings. The Balaban J connectivity index is 1.27. The molecule has 0 aromatic heterocycles. The van der Waals surface area contributed by atoms with Crippen molar-refractivity contribution in [2.24, 2.45) is 5.92 Å². The van der Waals surface area contributed by atoms with Crippen LogP contribution in [0.2, 0.25) is 18.6 Å². The van der Waals surface area contributed by atoms with Crippen molar-refractivity contribution in [1.29, 1.82) is 0 Å². The zero-order valence-electron chi connectivity index (χ0n) is 27.9. The number of ether oxygens (including phenoxy) is 1. The number of carbonyl (C=O) groups is 3. The highest BCUT2D eigenvalue weighted by atomic mass is 28.4. The quantitative estimate of drug-likeness (QED) is 0.226. The van der Waals surface area contributed by atoms with Crippen LogP contribution in [-0.4, -0.2) is 72.7 Å². The number of amides is 3. The van der Waals surface area contributed by atoms with Crippen LogP contribution in [-0.2, 0) is 37.8 Å². The number of nitrogens with zero attached hydrogens (tertiary/aromatic N) is 2. The third-order valence-corrected chi connectivity index (χ3v) is 12.6. The largest absolute Gasteiger partial charge is 0.432 e. The number of benzene rings is 3. The van der Waals surface area contributed by atoms with E-state index in [2.05, 4.69) is 10.6 Å². The number of fused-ring (bicyclic) bond motifs is 2. The van der Waals surface area contributed by atoms with Crippen molar-refractivity contribution in [2.75, 3.05) is 29.9 Å². The van der Waals surface area contributed by atoms with Crippen LogP contribution in [0.4, 0.5) is 11.4 Å². The molecular weight excluding hydrogens is 625 g/mol. The summed E-state index contributed by atoms with van der Waals surface area (Å²) in [6.07, 6.45) is 1.06. The molecule has 254 valence electrons. The highest BCUT2D eigenvalue weighted by Crippen LogP contribution is 2.59. The SMILES string of the molecule is C[C@H]1[C@H]([Si](C)(C)O)[C@@H](CC(=O)N(CCO)Cc2ccccc2)O[C@]12C(=O)N(Cc1cccc(NC(=O)[C@H]3CCCN3)c1)c1ccccc12. The smallest absolute Gasteiger partial charge is 0.264 e. The van der Waals surface area contributed by atoms with Crippen LogP contribution in [0, 0.1) is 5.92 Å². The number of anilines is 2. The molecule has 5 atom stereocenters. The summed E-state index contributed by atoms with van der Waals surface area (Å²) in [5.74, 6) is -0.906. The van der Waals surface area contributed by atoms with Crippen LogP contribution < -0.4 is 15.5 Å². The molecule has 0 saturated carbocycles. The normalized spacial score (nSPS) is 25.0. The summed E-state index contributed by atoms with van der Waals surface area (Å²) < 4.78 is 6.86. The van der Waals surface area contributed by atoms with E-state index in [-0.39, 0.29) is 49.9 Å². The molecule has 3 aromatic carbocycles. The van der Waals surface area contributed by atoms with Gasteiger partial charge < -0.3 is 35.1 Å². The van der Waals surface area contributed by atoms with E-state index >= 15 is 0 Å².